The summed E-state index contributed by atoms with van der Waals surface area (Å²) in [4.78, 5) is 12.3. The number of carbonyl (C=O) groups excluding carboxylic acids is 1. The number of carbonyl (C=O) groups is 1. The largest absolute Gasteiger partial charge is 0.289 e. The summed E-state index contributed by atoms with van der Waals surface area (Å²) >= 11 is 0. The number of allylic oxidation sites excluding steroid dienone is 2. The second-order valence-corrected chi connectivity index (χ2v) is 5.18. The smallest absolute Gasteiger partial charge is 0.188 e. The lowest BCUT2D eigenvalue weighted by Gasteiger charge is -2.26. The van der Waals surface area contributed by atoms with Crippen LogP contribution in [0.3, 0.4) is 0 Å². The molecular formula is C15H17FO. The Bertz CT molecular complexity index is 500. The molecule has 1 aromatic carbocycles. The van der Waals surface area contributed by atoms with E-state index >= 15 is 0 Å². The molecule has 0 radical (unpaired) electrons. The first-order valence-corrected chi connectivity index (χ1v) is 5.92. The van der Waals surface area contributed by atoms with Crippen LogP contribution in [0.5, 0.6) is 0 Å². The van der Waals surface area contributed by atoms with Gasteiger partial charge in [-0.25, -0.2) is 4.39 Å². The average Bonchev–Trinajstić information content (AvgIpc) is 2.33. The third-order valence-electron chi connectivity index (χ3n) is 3.10. The molecule has 0 heterocycles. The zero-order valence-corrected chi connectivity index (χ0v) is 10.2. The van der Waals surface area contributed by atoms with Crippen molar-refractivity contribution < 1.29 is 10.6 Å². The number of hydrogen-bond donors (Lipinski definition) is 0. The van der Waals surface area contributed by atoms with Gasteiger partial charge in [-0.2, -0.15) is 0 Å². The van der Waals surface area contributed by atoms with Crippen LogP contribution >= 0.6 is 0 Å². The lowest BCUT2D eigenvalue weighted by atomic mass is 9.78. The van der Waals surface area contributed by atoms with Crippen LogP contribution in [0, 0.1) is 11.2 Å². The van der Waals surface area contributed by atoms with Crippen molar-refractivity contribution in [2.45, 2.75) is 33.1 Å². The molecule has 1 aliphatic rings. The zero-order valence-electron chi connectivity index (χ0n) is 11.2. The number of benzene rings is 1. The van der Waals surface area contributed by atoms with Gasteiger partial charge in [-0.1, -0.05) is 19.9 Å². The Balaban J connectivity index is 2.37. The van der Waals surface area contributed by atoms with E-state index in [4.69, 9.17) is 1.37 Å². The number of hydrogen-bond acceptors (Lipinski definition) is 1. The number of Topliss-reactive ketones (excluding diaryl/α,β-unsaturated/α-hetero) is 1. The van der Waals surface area contributed by atoms with E-state index in [1.165, 1.54) is 24.3 Å². The Morgan fingerprint density at radius 3 is 2.65 bits per heavy atom. The Labute approximate surface area is 103 Å². The molecule has 0 amide bonds. The monoisotopic (exact) mass is 233 g/mol. The second-order valence-electron chi connectivity index (χ2n) is 5.18. The minimum absolute atomic E-state index is 0.132. The van der Waals surface area contributed by atoms with E-state index in [0.29, 0.717) is 23.6 Å². The lowest BCUT2D eigenvalue weighted by Crippen LogP contribution is -2.17. The van der Waals surface area contributed by atoms with Crippen molar-refractivity contribution in [1.29, 1.82) is 0 Å². The van der Waals surface area contributed by atoms with Crippen molar-refractivity contribution in [2.75, 3.05) is 0 Å². The first kappa shape index (κ1) is 10.7. The molecule has 0 aliphatic heterocycles. The van der Waals surface area contributed by atoms with Crippen LogP contribution in [0.2, 0.25) is 0 Å². The molecule has 0 spiro atoms. The van der Waals surface area contributed by atoms with Gasteiger partial charge in [0.05, 0.1) is 1.37 Å². The Morgan fingerprint density at radius 1 is 1.35 bits per heavy atom. The molecule has 90 valence electrons. The van der Waals surface area contributed by atoms with Gasteiger partial charge >= 0.3 is 0 Å². The molecular weight excluding hydrogens is 215 g/mol. The summed E-state index contributed by atoms with van der Waals surface area (Å²) < 4.78 is 21.0. The summed E-state index contributed by atoms with van der Waals surface area (Å²) in [7, 11) is 0. The normalized spacial score (nSPS) is 20.1. The molecule has 1 aromatic rings. The molecule has 0 saturated heterocycles. The summed E-state index contributed by atoms with van der Waals surface area (Å²) in [5.41, 5.74) is 0.815. The molecule has 17 heavy (non-hydrogen) atoms. The van der Waals surface area contributed by atoms with Crippen LogP contribution in [0.1, 0.15) is 44.8 Å². The lowest BCUT2D eigenvalue weighted by molar-refractivity contribution is 0.102. The third-order valence-corrected chi connectivity index (χ3v) is 3.10. The molecule has 0 fully saturated rings. The molecule has 0 unspecified atom stereocenters. The van der Waals surface area contributed by atoms with E-state index in [2.05, 4.69) is 0 Å². The van der Waals surface area contributed by atoms with Gasteiger partial charge < -0.3 is 0 Å². The Hall–Kier alpha value is -1.44. The minimum atomic E-state index is -0.351. The summed E-state index contributed by atoms with van der Waals surface area (Å²) in [5, 5.41) is 0. The van der Waals surface area contributed by atoms with Crippen molar-refractivity contribution in [3.63, 3.8) is 0 Å². The zero-order chi connectivity index (χ0) is 13.3. The summed E-state index contributed by atoms with van der Waals surface area (Å²) in [6, 6.07) is 5.97. The Morgan fingerprint density at radius 2 is 2.00 bits per heavy atom. The van der Waals surface area contributed by atoms with E-state index in [9.17, 15) is 9.18 Å². The maximum Gasteiger partial charge on any atom is 0.188 e. The molecule has 1 aliphatic carbocycles. The van der Waals surface area contributed by atoms with Gasteiger partial charge in [0.25, 0.3) is 0 Å². The second kappa shape index (κ2) is 4.44. The molecule has 0 aromatic heterocycles. The fraction of sp³-hybridized carbons (Fsp3) is 0.400. The van der Waals surface area contributed by atoms with Gasteiger partial charge in [0.15, 0.2) is 5.78 Å². The average molecular weight is 233 g/mol. The molecule has 0 atom stereocenters. The van der Waals surface area contributed by atoms with Crippen molar-refractivity contribution >= 4 is 5.78 Å². The number of ketones is 1. The van der Waals surface area contributed by atoms with Crippen LogP contribution in [0.4, 0.5) is 4.39 Å². The first-order chi connectivity index (χ1) is 8.42. The summed E-state index contributed by atoms with van der Waals surface area (Å²) in [6.07, 6.45) is 2.52. The molecule has 0 N–H and O–H groups in total. The van der Waals surface area contributed by atoms with Crippen molar-refractivity contribution in [1.82, 2.24) is 0 Å². The highest BCUT2D eigenvalue weighted by molar-refractivity contribution is 6.08. The van der Waals surface area contributed by atoms with Gasteiger partial charge in [-0.05, 0) is 54.5 Å². The van der Waals surface area contributed by atoms with Crippen molar-refractivity contribution in [3.8, 4) is 0 Å². The predicted molar refractivity (Wildman–Crippen MR) is 66.4 cm³/mol. The number of halogens is 1. The van der Waals surface area contributed by atoms with Gasteiger partial charge in [0, 0.05) is 5.56 Å². The highest BCUT2D eigenvalue weighted by atomic mass is 19.1. The maximum absolute atomic E-state index is 12.8. The molecule has 2 heteroatoms. The third kappa shape index (κ3) is 2.82. The van der Waals surface area contributed by atoms with E-state index in [-0.39, 0.29) is 17.0 Å². The topological polar surface area (TPSA) is 17.1 Å². The van der Waals surface area contributed by atoms with Gasteiger partial charge in [-0.3, -0.25) is 4.79 Å². The Kier molecular flexibility index (Phi) is 2.79. The van der Waals surface area contributed by atoms with E-state index < -0.39 is 0 Å². The molecule has 0 saturated carbocycles. The van der Waals surface area contributed by atoms with Crippen molar-refractivity contribution in [3.05, 3.63) is 47.3 Å². The first-order valence-electron chi connectivity index (χ1n) is 6.42. The fourth-order valence-corrected chi connectivity index (χ4v) is 2.19. The highest BCUT2D eigenvalue weighted by Gasteiger charge is 2.24. The van der Waals surface area contributed by atoms with E-state index in [1.54, 1.807) is 0 Å². The standard InChI is InChI=1S/C15H17FO/c1-15(2)9-3-4-12(10-15)14(17)11-5-7-13(16)8-6-11/h5-8,10H,3-4,9H2,1-2H3/i10D. The predicted octanol–water partition coefficient (Wildman–Crippen LogP) is 4.14. The summed E-state index contributed by atoms with van der Waals surface area (Å²) in [6.45, 7) is 3.98. The van der Waals surface area contributed by atoms with Gasteiger partial charge in [0.1, 0.15) is 5.82 Å². The molecule has 0 bridgehead atoms. The van der Waals surface area contributed by atoms with Crippen LogP contribution in [-0.2, 0) is 0 Å². The number of rotatable bonds is 2. The van der Waals surface area contributed by atoms with Crippen LogP contribution in [0.25, 0.3) is 0 Å². The molecule has 1 nitrogen and oxygen atoms in total. The maximum atomic E-state index is 12.8. The van der Waals surface area contributed by atoms with Crippen LogP contribution in [-0.4, -0.2) is 5.78 Å². The quantitative estimate of drug-likeness (QED) is 0.701. The van der Waals surface area contributed by atoms with Crippen LogP contribution in [0.15, 0.2) is 35.9 Å². The van der Waals surface area contributed by atoms with Crippen LogP contribution < -0.4 is 0 Å². The fourth-order valence-electron chi connectivity index (χ4n) is 2.19. The van der Waals surface area contributed by atoms with E-state index in [1.807, 2.05) is 13.8 Å². The molecule has 2 rings (SSSR count). The van der Waals surface area contributed by atoms with E-state index in [0.717, 1.165) is 12.8 Å². The minimum Gasteiger partial charge on any atom is -0.289 e. The summed E-state index contributed by atoms with van der Waals surface area (Å²) in [5.74, 6) is -0.483. The van der Waals surface area contributed by atoms with Gasteiger partial charge in [0.2, 0.25) is 0 Å². The highest BCUT2D eigenvalue weighted by Crippen LogP contribution is 2.34. The van der Waals surface area contributed by atoms with Crippen molar-refractivity contribution in [2.24, 2.45) is 5.41 Å². The van der Waals surface area contributed by atoms with Gasteiger partial charge in [-0.15, -0.1) is 0 Å². The SMILES string of the molecule is [2H]C1=C(C(=O)c2ccc(F)cc2)CCCC1(C)C.